The van der Waals surface area contributed by atoms with E-state index < -0.39 is 12.0 Å². The van der Waals surface area contributed by atoms with E-state index in [4.69, 9.17) is 10.5 Å². The van der Waals surface area contributed by atoms with Crippen LogP contribution in [0, 0.1) is 0 Å². The highest BCUT2D eigenvalue weighted by molar-refractivity contribution is 5.93. The number of nitrogens with zero attached hydrogens (tertiary/aromatic N) is 4. The van der Waals surface area contributed by atoms with Gasteiger partial charge in [0, 0.05) is 16.5 Å². The number of primary amides is 1. The van der Waals surface area contributed by atoms with E-state index in [9.17, 15) is 9.90 Å². The molecule has 1 amide bonds. The Morgan fingerprint density at radius 2 is 1.65 bits per heavy atom. The van der Waals surface area contributed by atoms with Gasteiger partial charge in [0.05, 0.1) is 6.54 Å². The number of rotatable bonds is 9. The van der Waals surface area contributed by atoms with Gasteiger partial charge in [0.25, 0.3) is 0 Å². The monoisotopic (exact) mass is 457 g/mol. The maximum absolute atomic E-state index is 11.2. The number of hydrogen-bond donors (Lipinski definition) is 2. The first-order chi connectivity index (χ1) is 16.3. The zero-order chi connectivity index (χ0) is 24.1. The zero-order valence-electron chi connectivity index (χ0n) is 19.1. The summed E-state index contributed by atoms with van der Waals surface area (Å²) >= 11 is 0. The lowest BCUT2D eigenvalue weighted by atomic mass is 9.78. The normalized spacial score (nSPS) is 12.3. The van der Waals surface area contributed by atoms with Gasteiger partial charge in [-0.3, -0.25) is 4.79 Å². The number of ether oxygens (including phenoxy) is 1. The van der Waals surface area contributed by atoms with Crippen molar-refractivity contribution in [2.24, 2.45) is 5.73 Å². The Hall–Kier alpha value is -4.04. The van der Waals surface area contributed by atoms with Crippen LogP contribution in [-0.4, -0.2) is 43.9 Å². The maximum Gasteiger partial charge on any atom is 0.248 e. The highest BCUT2D eigenvalue weighted by Crippen LogP contribution is 2.32. The van der Waals surface area contributed by atoms with E-state index in [-0.39, 0.29) is 18.6 Å². The average Bonchev–Trinajstić information content (AvgIpc) is 3.32. The number of benzene rings is 3. The summed E-state index contributed by atoms with van der Waals surface area (Å²) in [6.07, 6.45) is -0.820. The van der Waals surface area contributed by atoms with Gasteiger partial charge in [-0.05, 0) is 40.6 Å². The second-order valence-corrected chi connectivity index (χ2v) is 8.59. The number of aromatic nitrogens is 4. The summed E-state index contributed by atoms with van der Waals surface area (Å²) in [5.41, 5.74) is 8.64. The molecule has 34 heavy (non-hydrogen) atoms. The molecule has 1 atom stereocenters. The molecule has 0 aliphatic heterocycles. The number of amides is 1. The van der Waals surface area contributed by atoms with Gasteiger partial charge in [-0.1, -0.05) is 68.4 Å². The Labute approximate surface area is 198 Å². The SMILES string of the molecule is CC(C)(c1ccccc1)c1ccc(OCC(O)Cn2nnc(-c3ccc(C(N)=O)cc3)n2)cc1. The third kappa shape index (κ3) is 5.29. The predicted molar refractivity (Wildman–Crippen MR) is 128 cm³/mol. The van der Waals surface area contributed by atoms with Gasteiger partial charge in [0.1, 0.15) is 18.5 Å². The Morgan fingerprint density at radius 1 is 1.00 bits per heavy atom. The molecule has 174 valence electrons. The van der Waals surface area contributed by atoms with Crippen molar-refractivity contribution in [2.45, 2.75) is 31.9 Å². The molecule has 3 N–H and O–H groups in total. The third-order valence-corrected chi connectivity index (χ3v) is 5.77. The predicted octanol–water partition coefficient (Wildman–Crippen LogP) is 3.20. The number of aliphatic hydroxyl groups excluding tert-OH is 1. The summed E-state index contributed by atoms with van der Waals surface area (Å²) in [5.74, 6) is 0.565. The molecule has 0 aliphatic rings. The second kappa shape index (κ2) is 9.84. The highest BCUT2D eigenvalue weighted by atomic mass is 16.5. The van der Waals surface area contributed by atoms with Gasteiger partial charge < -0.3 is 15.6 Å². The number of hydrogen-bond acceptors (Lipinski definition) is 6. The molecule has 8 nitrogen and oxygen atoms in total. The van der Waals surface area contributed by atoms with Crippen LogP contribution in [0.5, 0.6) is 5.75 Å². The average molecular weight is 458 g/mol. The van der Waals surface area contributed by atoms with Crippen molar-refractivity contribution in [1.82, 2.24) is 20.2 Å². The van der Waals surface area contributed by atoms with E-state index in [1.165, 1.54) is 15.9 Å². The number of aliphatic hydroxyl groups is 1. The van der Waals surface area contributed by atoms with Crippen molar-refractivity contribution < 1.29 is 14.6 Å². The van der Waals surface area contributed by atoms with Crippen LogP contribution in [0.4, 0.5) is 0 Å². The fourth-order valence-corrected chi connectivity index (χ4v) is 3.64. The third-order valence-electron chi connectivity index (χ3n) is 5.77. The van der Waals surface area contributed by atoms with E-state index in [0.29, 0.717) is 22.7 Å². The van der Waals surface area contributed by atoms with E-state index in [1.807, 2.05) is 42.5 Å². The molecule has 0 bridgehead atoms. The molecule has 4 aromatic rings. The van der Waals surface area contributed by atoms with Gasteiger partial charge in [-0.25, -0.2) is 0 Å². The minimum absolute atomic E-state index is 0.0889. The Morgan fingerprint density at radius 3 is 2.29 bits per heavy atom. The molecule has 1 aromatic heterocycles. The fourth-order valence-electron chi connectivity index (χ4n) is 3.64. The first kappa shape index (κ1) is 23.1. The van der Waals surface area contributed by atoms with Crippen molar-refractivity contribution in [2.75, 3.05) is 6.61 Å². The molecular weight excluding hydrogens is 430 g/mol. The molecule has 1 heterocycles. The fraction of sp³-hybridized carbons (Fsp3) is 0.231. The Bertz CT molecular complexity index is 1240. The number of nitrogens with two attached hydrogens (primary N) is 1. The van der Waals surface area contributed by atoms with E-state index >= 15 is 0 Å². The van der Waals surface area contributed by atoms with Crippen LogP contribution in [-0.2, 0) is 12.0 Å². The van der Waals surface area contributed by atoms with E-state index in [0.717, 1.165) is 0 Å². The largest absolute Gasteiger partial charge is 0.491 e. The lowest BCUT2D eigenvalue weighted by Gasteiger charge is -2.26. The van der Waals surface area contributed by atoms with Crippen LogP contribution in [0.2, 0.25) is 0 Å². The van der Waals surface area contributed by atoms with Gasteiger partial charge >= 0.3 is 0 Å². The number of carbonyl (C=O) groups is 1. The van der Waals surface area contributed by atoms with Gasteiger partial charge in [-0.2, -0.15) is 4.80 Å². The molecule has 1 unspecified atom stereocenters. The van der Waals surface area contributed by atoms with Crippen molar-refractivity contribution in [3.8, 4) is 17.1 Å². The van der Waals surface area contributed by atoms with Crippen molar-refractivity contribution in [1.29, 1.82) is 0 Å². The smallest absolute Gasteiger partial charge is 0.248 e. The van der Waals surface area contributed by atoms with Crippen LogP contribution in [0.3, 0.4) is 0 Å². The topological polar surface area (TPSA) is 116 Å². The van der Waals surface area contributed by atoms with Crippen LogP contribution in [0.15, 0.2) is 78.9 Å². The highest BCUT2D eigenvalue weighted by Gasteiger charge is 2.22. The molecule has 0 saturated carbocycles. The molecule has 3 aromatic carbocycles. The minimum Gasteiger partial charge on any atom is -0.491 e. The maximum atomic E-state index is 11.2. The lowest BCUT2D eigenvalue weighted by Crippen LogP contribution is -2.25. The molecular formula is C26H27N5O3. The zero-order valence-corrected chi connectivity index (χ0v) is 19.1. The molecule has 0 saturated heterocycles. The van der Waals surface area contributed by atoms with Gasteiger partial charge in [-0.15, -0.1) is 10.2 Å². The van der Waals surface area contributed by atoms with Crippen LogP contribution in [0.1, 0.15) is 35.3 Å². The van der Waals surface area contributed by atoms with Gasteiger partial charge in [0.15, 0.2) is 0 Å². The summed E-state index contributed by atoms with van der Waals surface area (Å²) in [6.45, 7) is 4.60. The van der Waals surface area contributed by atoms with Crippen LogP contribution in [0.25, 0.3) is 11.4 Å². The molecule has 4 rings (SSSR count). The van der Waals surface area contributed by atoms with Crippen molar-refractivity contribution in [3.63, 3.8) is 0 Å². The molecule has 8 heteroatoms. The first-order valence-electron chi connectivity index (χ1n) is 11.0. The standard InChI is InChI=1S/C26H27N5O3/c1-26(2,20-6-4-3-5-7-20)21-12-14-23(15-13-21)34-17-22(32)16-31-29-25(28-30-31)19-10-8-18(9-11-19)24(27)33/h3-15,22,32H,16-17H2,1-2H3,(H2,27,33). The van der Waals surface area contributed by atoms with Gasteiger partial charge in [0.2, 0.25) is 11.7 Å². The van der Waals surface area contributed by atoms with E-state index in [1.54, 1.807) is 24.3 Å². The summed E-state index contributed by atoms with van der Waals surface area (Å²) < 4.78 is 5.76. The van der Waals surface area contributed by atoms with E-state index in [2.05, 4.69) is 41.4 Å². The summed E-state index contributed by atoms with van der Waals surface area (Å²) in [5, 5.41) is 22.6. The molecule has 0 radical (unpaired) electrons. The lowest BCUT2D eigenvalue weighted by molar-refractivity contribution is 0.0849. The van der Waals surface area contributed by atoms with Crippen molar-refractivity contribution >= 4 is 5.91 Å². The summed E-state index contributed by atoms with van der Waals surface area (Å²) in [6, 6.07) is 24.9. The molecule has 0 fully saturated rings. The number of tetrazole rings is 1. The summed E-state index contributed by atoms with van der Waals surface area (Å²) in [4.78, 5) is 12.5. The quantitative estimate of drug-likeness (QED) is 0.399. The van der Waals surface area contributed by atoms with Crippen LogP contribution >= 0.6 is 0 Å². The second-order valence-electron chi connectivity index (χ2n) is 8.59. The van der Waals surface area contributed by atoms with Crippen LogP contribution < -0.4 is 10.5 Å². The molecule has 0 aliphatic carbocycles. The summed E-state index contributed by atoms with van der Waals surface area (Å²) in [7, 11) is 0. The number of carbonyl (C=O) groups excluding carboxylic acids is 1. The minimum atomic E-state index is -0.820. The van der Waals surface area contributed by atoms with Crippen molar-refractivity contribution in [3.05, 3.63) is 95.6 Å². The first-order valence-corrected chi connectivity index (χ1v) is 11.0. The Kier molecular flexibility index (Phi) is 6.70. The molecule has 0 spiro atoms. The Balaban J connectivity index is 1.32.